The summed E-state index contributed by atoms with van der Waals surface area (Å²) in [5, 5.41) is 0. The molecule has 2 N–H and O–H groups in total. The third-order valence-electron chi connectivity index (χ3n) is 4.61. The summed E-state index contributed by atoms with van der Waals surface area (Å²) in [6, 6.07) is 0. The first kappa shape index (κ1) is 18.9. The molecule has 2 aliphatic rings. The number of hydrogen-bond acceptors (Lipinski definition) is 1. The Balaban J connectivity index is 0.00000220. The number of likely N-dealkylation sites (tertiary alicyclic amines) is 1. The van der Waals surface area contributed by atoms with E-state index in [-0.39, 0.29) is 42.7 Å². The zero-order chi connectivity index (χ0) is 14.6. The Bertz CT molecular complexity index is 342. The first-order chi connectivity index (χ1) is 9.46. The molecule has 1 heterocycles. The molecule has 2 fully saturated rings. The van der Waals surface area contributed by atoms with Gasteiger partial charge in [-0.1, -0.05) is 13.3 Å². The first-order valence-corrected chi connectivity index (χ1v) is 7.89. The molecule has 1 saturated carbocycles. The molecule has 0 aromatic carbocycles. The van der Waals surface area contributed by atoms with Gasteiger partial charge >= 0.3 is 0 Å². The Labute approximate surface area is 143 Å². The molecule has 124 valence electrons. The van der Waals surface area contributed by atoms with Gasteiger partial charge in [-0.05, 0) is 37.5 Å². The number of piperidine rings is 1. The van der Waals surface area contributed by atoms with E-state index in [9.17, 15) is 8.78 Å². The Morgan fingerprint density at radius 3 is 2.57 bits per heavy atom. The van der Waals surface area contributed by atoms with E-state index in [2.05, 4.69) is 16.8 Å². The van der Waals surface area contributed by atoms with Crippen LogP contribution in [0.1, 0.15) is 51.9 Å². The standard InChI is InChI=1S/C15H27F2N3.HI/c1-12-5-8-20(9-6-12)14(18)19-11-13-4-2-3-7-15(16,17)10-13;/h12-13H,2-11H2,1H3,(H2,18,19);1H. The van der Waals surface area contributed by atoms with Gasteiger partial charge in [-0.15, -0.1) is 24.0 Å². The van der Waals surface area contributed by atoms with Gasteiger partial charge in [0, 0.05) is 32.5 Å². The summed E-state index contributed by atoms with van der Waals surface area (Å²) in [5.41, 5.74) is 6.01. The fourth-order valence-corrected chi connectivity index (χ4v) is 3.16. The molecular formula is C15H28F2IN3. The SMILES string of the molecule is CC1CCN(C(N)=NCC2CCCCC(F)(F)C2)CC1.I. The molecule has 0 radical (unpaired) electrons. The third-order valence-corrected chi connectivity index (χ3v) is 4.61. The molecule has 1 atom stereocenters. The van der Waals surface area contributed by atoms with Crippen LogP contribution in [0.2, 0.25) is 0 Å². The molecule has 1 saturated heterocycles. The summed E-state index contributed by atoms with van der Waals surface area (Å²) in [6.45, 7) is 4.58. The van der Waals surface area contributed by atoms with Gasteiger partial charge in [0.1, 0.15) is 0 Å². The van der Waals surface area contributed by atoms with E-state index in [4.69, 9.17) is 5.73 Å². The molecule has 1 aliphatic carbocycles. The van der Waals surface area contributed by atoms with Crippen LogP contribution in [0.4, 0.5) is 8.78 Å². The quantitative estimate of drug-likeness (QED) is 0.322. The van der Waals surface area contributed by atoms with Crippen LogP contribution in [0, 0.1) is 11.8 Å². The zero-order valence-electron chi connectivity index (χ0n) is 12.9. The number of hydrogen-bond donors (Lipinski definition) is 1. The van der Waals surface area contributed by atoms with Gasteiger partial charge in [0.15, 0.2) is 5.96 Å². The van der Waals surface area contributed by atoms with Crippen LogP contribution >= 0.6 is 24.0 Å². The molecule has 0 spiro atoms. The Kier molecular flexibility index (Phi) is 7.64. The minimum absolute atomic E-state index is 0. The maximum Gasteiger partial charge on any atom is 0.248 e. The molecule has 0 aromatic rings. The second kappa shape index (κ2) is 8.48. The van der Waals surface area contributed by atoms with Gasteiger partial charge in [-0.25, -0.2) is 8.78 Å². The van der Waals surface area contributed by atoms with Crippen molar-refractivity contribution >= 4 is 29.9 Å². The number of nitrogens with zero attached hydrogens (tertiary/aromatic N) is 2. The van der Waals surface area contributed by atoms with Crippen molar-refractivity contribution in [3.63, 3.8) is 0 Å². The lowest BCUT2D eigenvalue weighted by molar-refractivity contribution is -0.0241. The maximum absolute atomic E-state index is 13.5. The Hall–Kier alpha value is -0.140. The largest absolute Gasteiger partial charge is 0.370 e. The fraction of sp³-hybridized carbons (Fsp3) is 0.933. The highest BCUT2D eigenvalue weighted by Gasteiger charge is 2.34. The van der Waals surface area contributed by atoms with Gasteiger partial charge in [-0.3, -0.25) is 4.99 Å². The molecule has 0 bridgehead atoms. The zero-order valence-corrected chi connectivity index (χ0v) is 15.2. The van der Waals surface area contributed by atoms with Crippen molar-refractivity contribution in [3.05, 3.63) is 0 Å². The van der Waals surface area contributed by atoms with Crippen LogP contribution in [-0.4, -0.2) is 36.4 Å². The molecule has 2 rings (SSSR count). The number of halogens is 3. The van der Waals surface area contributed by atoms with E-state index in [1.54, 1.807) is 0 Å². The van der Waals surface area contributed by atoms with Crippen molar-refractivity contribution in [2.75, 3.05) is 19.6 Å². The summed E-state index contributed by atoms with van der Waals surface area (Å²) in [4.78, 5) is 6.48. The van der Waals surface area contributed by atoms with Crippen molar-refractivity contribution < 1.29 is 8.78 Å². The minimum atomic E-state index is -2.51. The van der Waals surface area contributed by atoms with Crippen LogP contribution < -0.4 is 5.73 Å². The highest BCUT2D eigenvalue weighted by atomic mass is 127. The normalized spacial score (nSPS) is 27.9. The average molecular weight is 415 g/mol. The van der Waals surface area contributed by atoms with Crippen LogP contribution in [0.25, 0.3) is 0 Å². The average Bonchev–Trinajstić information content (AvgIpc) is 2.57. The van der Waals surface area contributed by atoms with Crippen molar-refractivity contribution in [1.82, 2.24) is 4.90 Å². The summed E-state index contributed by atoms with van der Waals surface area (Å²) >= 11 is 0. The van der Waals surface area contributed by atoms with Crippen molar-refractivity contribution in [2.24, 2.45) is 22.6 Å². The van der Waals surface area contributed by atoms with Crippen molar-refractivity contribution in [3.8, 4) is 0 Å². The smallest absolute Gasteiger partial charge is 0.248 e. The van der Waals surface area contributed by atoms with Crippen molar-refractivity contribution in [2.45, 2.75) is 57.8 Å². The highest BCUT2D eigenvalue weighted by Crippen LogP contribution is 2.35. The third kappa shape index (κ3) is 6.24. The van der Waals surface area contributed by atoms with E-state index >= 15 is 0 Å². The Morgan fingerprint density at radius 2 is 1.90 bits per heavy atom. The predicted octanol–water partition coefficient (Wildman–Crippen LogP) is 3.87. The topological polar surface area (TPSA) is 41.6 Å². The lowest BCUT2D eigenvalue weighted by atomic mass is 9.99. The fourth-order valence-electron chi connectivity index (χ4n) is 3.16. The van der Waals surface area contributed by atoms with E-state index in [1.165, 1.54) is 0 Å². The number of alkyl halides is 2. The van der Waals surface area contributed by atoms with E-state index in [0.717, 1.165) is 44.7 Å². The molecule has 0 amide bonds. The minimum Gasteiger partial charge on any atom is -0.370 e. The van der Waals surface area contributed by atoms with Gasteiger partial charge in [0.25, 0.3) is 0 Å². The molecule has 6 heteroatoms. The monoisotopic (exact) mass is 415 g/mol. The molecule has 3 nitrogen and oxygen atoms in total. The van der Waals surface area contributed by atoms with Gasteiger partial charge in [0.05, 0.1) is 0 Å². The summed E-state index contributed by atoms with van der Waals surface area (Å²) < 4.78 is 27.1. The van der Waals surface area contributed by atoms with E-state index in [0.29, 0.717) is 18.9 Å². The van der Waals surface area contributed by atoms with E-state index < -0.39 is 5.92 Å². The number of aliphatic imine (C=N–C) groups is 1. The summed E-state index contributed by atoms with van der Waals surface area (Å²) in [7, 11) is 0. The number of nitrogens with two attached hydrogens (primary N) is 1. The lowest BCUT2D eigenvalue weighted by Gasteiger charge is -2.31. The molecule has 1 unspecified atom stereocenters. The summed E-state index contributed by atoms with van der Waals surface area (Å²) in [6.07, 6.45) is 4.65. The molecule has 1 aliphatic heterocycles. The first-order valence-electron chi connectivity index (χ1n) is 7.89. The highest BCUT2D eigenvalue weighted by molar-refractivity contribution is 14.0. The van der Waals surface area contributed by atoms with Crippen LogP contribution in [0.3, 0.4) is 0 Å². The Morgan fingerprint density at radius 1 is 1.24 bits per heavy atom. The number of rotatable bonds is 2. The number of guanidine groups is 1. The van der Waals surface area contributed by atoms with Crippen LogP contribution in [-0.2, 0) is 0 Å². The van der Waals surface area contributed by atoms with E-state index in [1.807, 2.05) is 0 Å². The van der Waals surface area contributed by atoms with Crippen LogP contribution in [0.15, 0.2) is 4.99 Å². The molecule has 21 heavy (non-hydrogen) atoms. The second-order valence-corrected chi connectivity index (χ2v) is 6.54. The maximum atomic E-state index is 13.5. The van der Waals surface area contributed by atoms with Gasteiger partial charge < -0.3 is 10.6 Å². The van der Waals surface area contributed by atoms with Gasteiger partial charge in [-0.2, -0.15) is 0 Å². The van der Waals surface area contributed by atoms with Crippen LogP contribution in [0.5, 0.6) is 0 Å². The molecule has 0 aromatic heterocycles. The second-order valence-electron chi connectivity index (χ2n) is 6.54. The van der Waals surface area contributed by atoms with Gasteiger partial charge in [0.2, 0.25) is 5.92 Å². The lowest BCUT2D eigenvalue weighted by Crippen LogP contribution is -2.42. The van der Waals surface area contributed by atoms with Crippen molar-refractivity contribution in [1.29, 1.82) is 0 Å². The predicted molar refractivity (Wildman–Crippen MR) is 93.4 cm³/mol. The summed E-state index contributed by atoms with van der Waals surface area (Å²) in [5.74, 6) is -1.23. The molecular weight excluding hydrogens is 387 g/mol.